The van der Waals surface area contributed by atoms with Crippen LogP contribution in [0.3, 0.4) is 0 Å². The summed E-state index contributed by atoms with van der Waals surface area (Å²) in [5.41, 5.74) is 2.74. The van der Waals surface area contributed by atoms with E-state index < -0.39 is 0 Å². The lowest BCUT2D eigenvalue weighted by Crippen LogP contribution is -2.26. The Balaban J connectivity index is 1.56. The van der Waals surface area contributed by atoms with E-state index >= 15 is 0 Å². The van der Waals surface area contributed by atoms with Crippen molar-refractivity contribution in [2.24, 2.45) is 0 Å². The fraction of sp³-hybridized carbons (Fsp3) is 0.409. The third-order valence-corrected chi connectivity index (χ3v) is 4.72. The van der Waals surface area contributed by atoms with Gasteiger partial charge >= 0.3 is 0 Å². The van der Waals surface area contributed by atoms with Gasteiger partial charge in [-0.05, 0) is 36.1 Å². The molecule has 154 valence electrons. The van der Waals surface area contributed by atoms with E-state index in [9.17, 15) is 4.79 Å². The van der Waals surface area contributed by atoms with Crippen molar-refractivity contribution in [2.75, 3.05) is 7.05 Å². The largest absolute Gasteiger partial charge is 0.471 e. The van der Waals surface area contributed by atoms with Crippen LogP contribution < -0.4 is 4.74 Å². The van der Waals surface area contributed by atoms with Gasteiger partial charge in [-0.2, -0.15) is 10.2 Å². The van der Waals surface area contributed by atoms with Gasteiger partial charge in [0.2, 0.25) is 0 Å². The molecule has 0 aliphatic rings. The summed E-state index contributed by atoms with van der Waals surface area (Å²) in [6.45, 7) is 10.1. The van der Waals surface area contributed by atoms with Crippen LogP contribution in [0.15, 0.2) is 48.9 Å². The molecular formula is C22H29N5O2. The highest BCUT2D eigenvalue weighted by molar-refractivity contribution is 5.91. The lowest BCUT2D eigenvalue weighted by Gasteiger charge is -2.19. The molecule has 0 fully saturated rings. The summed E-state index contributed by atoms with van der Waals surface area (Å²) in [4.78, 5) is 14.3. The average molecular weight is 396 g/mol. The second kappa shape index (κ2) is 8.51. The summed E-state index contributed by atoms with van der Waals surface area (Å²) in [5.74, 6) is 0.633. The van der Waals surface area contributed by atoms with Gasteiger partial charge in [0.25, 0.3) is 5.91 Å². The normalized spacial score (nSPS) is 11.5. The van der Waals surface area contributed by atoms with Crippen molar-refractivity contribution in [3.8, 4) is 5.75 Å². The van der Waals surface area contributed by atoms with Crippen LogP contribution in [0.4, 0.5) is 0 Å². The number of nitrogens with zero attached hydrogens (tertiary/aromatic N) is 5. The molecule has 3 rings (SSSR count). The van der Waals surface area contributed by atoms with E-state index in [0.717, 1.165) is 17.9 Å². The SMILES string of the molecule is CCn1cc(CN(C)C(=O)c2ccn(COc3ccc(C(C)(C)C)cc3)n2)cn1. The minimum atomic E-state index is -0.137. The van der Waals surface area contributed by atoms with Crippen LogP contribution in [0.5, 0.6) is 5.75 Å². The Hall–Kier alpha value is -3.09. The fourth-order valence-electron chi connectivity index (χ4n) is 2.94. The van der Waals surface area contributed by atoms with Gasteiger partial charge in [-0.25, -0.2) is 4.68 Å². The van der Waals surface area contributed by atoms with E-state index in [0.29, 0.717) is 12.2 Å². The molecule has 0 bridgehead atoms. The maximum absolute atomic E-state index is 12.6. The Morgan fingerprint density at radius 1 is 1.14 bits per heavy atom. The molecule has 1 amide bonds. The van der Waals surface area contributed by atoms with E-state index in [2.05, 4.69) is 43.1 Å². The average Bonchev–Trinajstić information content (AvgIpc) is 3.34. The smallest absolute Gasteiger partial charge is 0.274 e. The number of carbonyl (C=O) groups excluding carboxylic acids is 1. The van der Waals surface area contributed by atoms with Crippen molar-refractivity contribution in [3.05, 3.63) is 65.7 Å². The maximum atomic E-state index is 12.6. The summed E-state index contributed by atoms with van der Waals surface area (Å²) in [6.07, 6.45) is 5.48. The second-order valence-corrected chi connectivity index (χ2v) is 8.15. The molecule has 0 radical (unpaired) electrons. The highest BCUT2D eigenvalue weighted by atomic mass is 16.5. The Bertz CT molecular complexity index is 950. The van der Waals surface area contributed by atoms with Crippen molar-refractivity contribution in [1.82, 2.24) is 24.5 Å². The molecule has 0 atom stereocenters. The van der Waals surface area contributed by atoms with Gasteiger partial charge in [0.15, 0.2) is 12.4 Å². The lowest BCUT2D eigenvalue weighted by atomic mass is 9.87. The summed E-state index contributed by atoms with van der Waals surface area (Å²) < 4.78 is 9.25. The number of hydrogen-bond acceptors (Lipinski definition) is 4. The van der Waals surface area contributed by atoms with Crippen molar-refractivity contribution in [2.45, 2.75) is 52.9 Å². The molecule has 1 aromatic carbocycles. The zero-order valence-electron chi connectivity index (χ0n) is 17.8. The van der Waals surface area contributed by atoms with Crippen molar-refractivity contribution >= 4 is 5.91 Å². The molecular weight excluding hydrogens is 366 g/mol. The number of ether oxygens (including phenoxy) is 1. The van der Waals surface area contributed by atoms with Gasteiger partial charge in [0.05, 0.1) is 6.20 Å². The first kappa shape index (κ1) is 20.6. The first-order valence-corrected chi connectivity index (χ1v) is 9.80. The lowest BCUT2D eigenvalue weighted by molar-refractivity contribution is 0.0777. The molecule has 0 spiro atoms. The highest BCUT2D eigenvalue weighted by Crippen LogP contribution is 2.24. The Morgan fingerprint density at radius 2 is 1.86 bits per heavy atom. The van der Waals surface area contributed by atoms with E-state index in [-0.39, 0.29) is 18.1 Å². The van der Waals surface area contributed by atoms with Gasteiger partial charge in [-0.1, -0.05) is 32.9 Å². The number of aryl methyl sites for hydroxylation is 1. The Kier molecular flexibility index (Phi) is 6.06. The molecule has 7 heteroatoms. The van der Waals surface area contributed by atoms with Crippen LogP contribution in [-0.4, -0.2) is 37.4 Å². The third kappa shape index (κ3) is 5.25. The van der Waals surface area contributed by atoms with Crippen LogP contribution in [0, 0.1) is 0 Å². The first-order valence-electron chi connectivity index (χ1n) is 9.80. The molecule has 2 heterocycles. The Morgan fingerprint density at radius 3 is 2.48 bits per heavy atom. The maximum Gasteiger partial charge on any atom is 0.274 e. The van der Waals surface area contributed by atoms with Crippen LogP contribution in [0.1, 0.15) is 49.3 Å². The van der Waals surface area contributed by atoms with E-state index in [1.54, 1.807) is 35.1 Å². The van der Waals surface area contributed by atoms with Crippen molar-refractivity contribution in [3.63, 3.8) is 0 Å². The zero-order chi connectivity index (χ0) is 21.0. The van der Waals surface area contributed by atoms with Gasteiger partial charge in [0, 0.05) is 38.1 Å². The van der Waals surface area contributed by atoms with E-state index in [4.69, 9.17) is 4.74 Å². The van der Waals surface area contributed by atoms with Crippen molar-refractivity contribution in [1.29, 1.82) is 0 Å². The van der Waals surface area contributed by atoms with Gasteiger partial charge in [-0.15, -0.1) is 0 Å². The summed E-state index contributed by atoms with van der Waals surface area (Å²) in [7, 11) is 1.76. The molecule has 0 saturated carbocycles. The Labute approximate surface area is 171 Å². The topological polar surface area (TPSA) is 65.2 Å². The van der Waals surface area contributed by atoms with Crippen LogP contribution in [-0.2, 0) is 25.2 Å². The van der Waals surface area contributed by atoms with Crippen LogP contribution >= 0.6 is 0 Å². The number of carbonyl (C=O) groups is 1. The predicted octanol–water partition coefficient (Wildman–Crippen LogP) is 3.71. The fourth-order valence-corrected chi connectivity index (χ4v) is 2.94. The van der Waals surface area contributed by atoms with Crippen LogP contribution in [0.2, 0.25) is 0 Å². The van der Waals surface area contributed by atoms with Crippen LogP contribution in [0.25, 0.3) is 0 Å². The highest BCUT2D eigenvalue weighted by Gasteiger charge is 2.16. The molecule has 0 unspecified atom stereocenters. The van der Waals surface area contributed by atoms with E-state index in [1.165, 1.54) is 5.56 Å². The molecule has 3 aromatic rings. The first-order chi connectivity index (χ1) is 13.8. The molecule has 0 aliphatic heterocycles. The molecule has 0 saturated heterocycles. The molecule has 7 nitrogen and oxygen atoms in total. The molecule has 0 N–H and O–H groups in total. The molecule has 0 aliphatic carbocycles. The van der Waals surface area contributed by atoms with Crippen molar-refractivity contribution < 1.29 is 9.53 Å². The second-order valence-electron chi connectivity index (χ2n) is 8.15. The number of rotatable bonds is 7. The number of hydrogen-bond donors (Lipinski definition) is 0. The number of aromatic nitrogens is 4. The predicted molar refractivity (Wildman–Crippen MR) is 112 cm³/mol. The minimum Gasteiger partial charge on any atom is -0.471 e. The molecule has 29 heavy (non-hydrogen) atoms. The summed E-state index contributed by atoms with van der Waals surface area (Å²) in [5, 5.41) is 8.58. The summed E-state index contributed by atoms with van der Waals surface area (Å²) >= 11 is 0. The van der Waals surface area contributed by atoms with Gasteiger partial charge in [-0.3, -0.25) is 9.48 Å². The zero-order valence-corrected chi connectivity index (χ0v) is 17.8. The quantitative estimate of drug-likeness (QED) is 0.612. The monoisotopic (exact) mass is 395 g/mol. The minimum absolute atomic E-state index is 0.108. The van der Waals surface area contributed by atoms with Gasteiger partial charge in [0.1, 0.15) is 5.75 Å². The summed E-state index contributed by atoms with van der Waals surface area (Å²) in [6, 6.07) is 9.77. The van der Waals surface area contributed by atoms with E-state index in [1.807, 2.05) is 29.9 Å². The molecule has 2 aromatic heterocycles. The number of amides is 1. The number of benzene rings is 1. The van der Waals surface area contributed by atoms with Gasteiger partial charge < -0.3 is 9.64 Å². The third-order valence-electron chi connectivity index (χ3n) is 4.72. The standard InChI is InChI=1S/C22H29N5O2/c1-6-26-15-17(13-23-26)14-25(5)21(28)20-11-12-27(24-20)16-29-19-9-7-18(8-10-19)22(2,3)4/h7-13,15H,6,14,16H2,1-5H3.